The number of aryl methyl sites for hydroxylation is 2. The molecular formula is C27H38N6O3S. The van der Waals surface area contributed by atoms with E-state index >= 15 is 0 Å². The Hall–Kier alpha value is -2.95. The van der Waals surface area contributed by atoms with Crippen molar-refractivity contribution in [3.05, 3.63) is 58.4 Å². The lowest BCUT2D eigenvalue weighted by atomic mass is 10.0. The molecule has 0 radical (unpaired) electrons. The first-order valence-corrected chi connectivity index (χ1v) is 14.2. The lowest BCUT2D eigenvalue weighted by Crippen LogP contribution is -2.44. The lowest BCUT2D eigenvalue weighted by molar-refractivity contribution is 0.312. The van der Waals surface area contributed by atoms with Crippen molar-refractivity contribution in [1.29, 1.82) is 0 Å². The SMILES string of the molecule is CCn1c(Oc2cccc(N3CCN(C)CC3)c2)nnc1[C@@H](C)NS(=O)(=O)c1c(C)c(C)cc(C)c1C. The molecule has 1 atom stereocenters. The van der Waals surface area contributed by atoms with E-state index in [0.717, 1.165) is 54.1 Å². The molecule has 2 aromatic carbocycles. The maximum atomic E-state index is 13.5. The van der Waals surface area contributed by atoms with Gasteiger partial charge in [0, 0.05) is 44.5 Å². The first-order chi connectivity index (χ1) is 17.5. The van der Waals surface area contributed by atoms with Gasteiger partial charge in [0.1, 0.15) is 5.75 Å². The van der Waals surface area contributed by atoms with Crippen molar-refractivity contribution < 1.29 is 13.2 Å². The van der Waals surface area contributed by atoms with Crippen LogP contribution in [-0.4, -0.2) is 61.3 Å². The number of piperazine rings is 1. The highest BCUT2D eigenvalue weighted by Gasteiger charge is 2.27. The van der Waals surface area contributed by atoms with Crippen LogP contribution in [0.5, 0.6) is 11.8 Å². The number of likely N-dealkylation sites (N-methyl/N-ethyl adjacent to an activating group) is 1. The Bertz CT molecular complexity index is 1350. The van der Waals surface area contributed by atoms with E-state index in [9.17, 15) is 8.42 Å². The predicted octanol–water partition coefficient (Wildman–Crippen LogP) is 4.12. The third kappa shape index (κ3) is 5.66. The van der Waals surface area contributed by atoms with Gasteiger partial charge in [0.2, 0.25) is 10.0 Å². The van der Waals surface area contributed by atoms with E-state index in [1.54, 1.807) is 11.5 Å². The fourth-order valence-electron chi connectivity index (χ4n) is 4.83. The van der Waals surface area contributed by atoms with Gasteiger partial charge in [-0.05, 0) is 83.0 Å². The second-order valence-corrected chi connectivity index (χ2v) is 11.6. The summed E-state index contributed by atoms with van der Waals surface area (Å²) in [4.78, 5) is 4.99. The van der Waals surface area contributed by atoms with Gasteiger partial charge in [0.15, 0.2) is 5.82 Å². The van der Waals surface area contributed by atoms with E-state index < -0.39 is 16.1 Å². The smallest absolute Gasteiger partial charge is 0.322 e. The van der Waals surface area contributed by atoms with E-state index in [1.165, 1.54) is 0 Å². The van der Waals surface area contributed by atoms with Crippen LogP contribution in [0.4, 0.5) is 5.69 Å². The second kappa shape index (κ2) is 10.8. The van der Waals surface area contributed by atoms with Gasteiger partial charge in [0.05, 0.1) is 10.9 Å². The van der Waals surface area contributed by atoms with Gasteiger partial charge in [-0.3, -0.25) is 4.57 Å². The highest BCUT2D eigenvalue weighted by atomic mass is 32.2. The van der Waals surface area contributed by atoms with Gasteiger partial charge in [-0.25, -0.2) is 13.1 Å². The van der Waals surface area contributed by atoms with E-state index in [0.29, 0.717) is 29.0 Å². The number of nitrogens with one attached hydrogen (secondary N) is 1. The summed E-state index contributed by atoms with van der Waals surface area (Å²) in [7, 11) is -1.66. The fraction of sp³-hybridized carbons (Fsp3) is 0.481. The Labute approximate surface area is 220 Å². The van der Waals surface area contributed by atoms with Crippen molar-refractivity contribution >= 4 is 15.7 Å². The zero-order valence-electron chi connectivity index (χ0n) is 22.9. The van der Waals surface area contributed by atoms with E-state index in [1.807, 2.05) is 58.9 Å². The van der Waals surface area contributed by atoms with Gasteiger partial charge < -0.3 is 14.5 Å². The zero-order valence-corrected chi connectivity index (χ0v) is 23.7. The number of ether oxygens (including phenoxy) is 1. The molecule has 200 valence electrons. The monoisotopic (exact) mass is 526 g/mol. The average molecular weight is 527 g/mol. The molecule has 0 saturated carbocycles. The minimum Gasteiger partial charge on any atom is -0.424 e. The number of anilines is 1. The molecule has 1 saturated heterocycles. The molecule has 0 aliphatic carbocycles. The van der Waals surface area contributed by atoms with Crippen LogP contribution in [0, 0.1) is 27.7 Å². The molecule has 1 fully saturated rings. The highest BCUT2D eigenvalue weighted by molar-refractivity contribution is 7.89. The van der Waals surface area contributed by atoms with E-state index in [-0.39, 0.29) is 0 Å². The van der Waals surface area contributed by atoms with Crippen molar-refractivity contribution in [2.75, 3.05) is 38.1 Å². The molecule has 1 N–H and O–H groups in total. The van der Waals surface area contributed by atoms with Gasteiger partial charge in [-0.15, -0.1) is 5.10 Å². The molecule has 1 aromatic heterocycles. The number of sulfonamides is 1. The fourth-order valence-corrected chi connectivity index (χ4v) is 6.65. The number of nitrogens with zero attached hydrogens (tertiary/aromatic N) is 5. The standard InChI is InChI=1S/C27H38N6O3S/c1-8-33-26(22(6)30-37(34,35)25-20(4)18(2)16-19(3)21(25)5)28-29-27(33)36-24-11-9-10-23(17-24)32-14-12-31(7)13-15-32/h9-11,16-17,22,30H,8,12-15H2,1-7H3/t22-/m1/s1. The number of benzene rings is 2. The third-order valence-electron chi connectivity index (χ3n) is 7.24. The van der Waals surface area contributed by atoms with Crippen LogP contribution in [-0.2, 0) is 16.6 Å². The summed E-state index contributed by atoms with van der Waals surface area (Å²) in [6.07, 6.45) is 0. The van der Waals surface area contributed by atoms with Crippen LogP contribution in [0.2, 0.25) is 0 Å². The maximum absolute atomic E-state index is 13.5. The van der Waals surface area contributed by atoms with Crippen molar-refractivity contribution in [1.82, 2.24) is 24.4 Å². The highest BCUT2D eigenvalue weighted by Crippen LogP contribution is 2.30. The molecule has 0 amide bonds. The molecule has 9 nitrogen and oxygen atoms in total. The topological polar surface area (TPSA) is 92.6 Å². The maximum Gasteiger partial charge on any atom is 0.322 e. The molecule has 0 spiro atoms. The van der Waals surface area contributed by atoms with Crippen LogP contribution >= 0.6 is 0 Å². The largest absolute Gasteiger partial charge is 0.424 e. The Kier molecular flexibility index (Phi) is 7.91. The number of hydrogen-bond acceptors (Lipinski definition) is 7. The van der Waals surface area contributed by atoms with Crippen molar-refractivity contribution in [3.63, 3.8) is 0 Å². The van der Waals surface area contributed by atoms with Crippen molar-refractivity contribution in [2.45, 2.75) is 59.0 Å². The van der Waals surface area contributed by atoms with Crippen LogP contribution in [0.25, 0.3) is 0 Å². The van der Waals surface area contributed by atoms with Gasteiger partial charge in [-0.1, -0.05) is 17.2 Å². The molecule has 37 heavy (non-hydrogen) atoms. The molecule has 1 aliphatic heterocycles. The lowest BCUT2D eigenvalue weighted by Gasteiger charge is -2.34. The van der Waals surface area contributed by atoms with Crippen LogP contribution in [0.1, 0.15) is 48.0 Å². The average Bonchev–Trinajstić information content (AvgIpc) is 3.25. The van der Waals surface area contributed by atoms with E-state index in [4.69, 9.17) is 4.74 Å². The molecule has 1 aliphatic rings. The minimum atomic E-state index is -3.79. The summed E-state index contributed by atoms with van der Waals surface area (Å²) in [5.74, 6) is 1.16. The summed E-state index contributed by atoms with van der Waals surface area (Å²) >= 11 is 0. The molecule has 0 unspecified atom stereocenters. The first kappa shape index (κ1) is 27.1. The van der Waals surface area contributed by atoms with Crippen molar-refractivity contribution in [3.8, 4) is 11.8 Å². The summed E-state index contributed by atoms with van der Waals surface area (Å²) in [5.41, 5.74) is 4.51. The summed E-state index contributed by atoms with van der Waals surface area (Å²) in [6, 6.07) is 9.71. The number of aromatic nitrogens is 3. The van der Waals surface area contributed by atoms with Crippen LogP contribution in [0.3, 0.4) is 0 Å². The normalized spacial score (nSPS) is 15.7. The molecule has 2 heterocycles. The quantitative estimate of drug-likeness (QED) is 0.472. The van der Waals surface area contributed by atoms with Crippen LogP contribution < -0.4 is 14.4 Å². The summed E-state index contributed by atoms with van der Waals surface area (Å²) in [5, 5.41) is 8.56. The Balaban J connectivity index is 1.56. The minimum absolute atomic E-state index is 0.330. The molecule has 3 aromatic rings. The predicted molar refractivity (Wildman–Crippen MR) is 146 cm³/mol. The van der Waals surface area contributed by atoms with Crippen molar-refractivity contribution in [2.24, 2.45) is 0 Å². The Morgan fingerprint density at radius 3 is 2.27 bits per heavy atom. The first-order valence-electron chi connectivity index (χ1n) is 12.8. The zero-order chi connectivity index (χ0) is 26.9. The molecule has 4 rings (SSSR count). The van der Waals surface area contributed by atoms with Gasteiger partial charge >= 0.3 is 6.01 Å². The number of hydrogen-bond donors (Lipinski definition) is 1. The molecular weight excluding hydrogens is 488 g/mol. The van der Waals surface area contributed by atoms with Gasteiger partial charge in [-0.2, -0.15) is 0 Å². The Morgan fingerprint density at radius 2 is 1.65 bits per heavy atom. The van der Waals surface area contributed by atoms with Gasteiger partial charge in [0.25, 0.3) is 0 Å². The summed E-state index contributed by atoms with van der Waals surface area (Å²) < 4.78 is 37.7. The third-order valence-corrected chi connectivity index (χ3v) is 9.06. The van der Waals surface area contributed by atoms with E-state index in [2.05, 4.69) is 37.8 Å². The number of rotatable bonds is 8. The van der Waals surface area contributed by atoms with Crippen LogP contribution in [0.15, 0.2) is 35.2 Å². The Morgan fingerprint density at radius 1 is 1.00 bits per heavy atom. The molecule has 0 bridgehead atoms. The second-order valence-electron chi connectivity index (χ2n) is 9.91. The molecule has 10 heteroatoms. The summed E-state index contributed by atoms with van der Waals surface area (Å²) in [6.45, 7) is 15.8.